The SMILES string of the molecule is COc1cc([N+](=O)[O-])ccc1-n1c(C)cc([C@@H]2[C@@H](c3ccccn3)NC(=S)N2CCC(=O)Nc2cccc(C)c2)c1C. The normalized spacial score (nSPS) is 16.3. The van der Waals surface area contributed by atoms with Crippen LogP contribution in [-0.4, -0.2) is 44.0 Å². The second-order valence-electron chi connectivity index (χ2n) is 10.3. The number of methoxy groups -OCH3 is 1. The molecule has 216 valence electrons. The molecule has 1 saturated heterocycles. The Balaban J connectivity index is 1.50. The molecule has 11 heteroatoms. The Kier molecular flexibility index (Phi) is 8.21. The lowest BCUT2D eigenvalue weighted by Gasteiger charge is -2.28. The summed E-state index contributed by atoms with van der Waals surface area (Å²) >= 11 is 5.81. The fraction of sp³-hybridized carbons (Fsp3) is 0.258. The van der Waals surface area contributed by atoms with Gasteiger partial charge in [0.2, 0.25) is 5.91 Å². The summed E-state index contributed by atoms with van der Waals surface area (Å²) in [6.45, 7) is 6.35. The number of amides is 1. The predicted octanol–water partition coefficient (Wildman–Crippen LogP) is 5.72. The zero-order valence-electron chi connectivity index (χ0n) is 23.8. The summed E-state index contributed by atoms with van der Waals surface area (Å²) in [4.78, 5) is 30.6. The second-order valence-corrected chi connectivity index (χ2v) is 10.6. The number of pyridine rings is 1. The van der Waals surface area contributed by atoms with Crippen molar-refractivity contribution >= 4 is 34.6 Å². The molecule has 2 aromatic heterocycles. The highest BCUT2D eigenvalue weighted by molar-refractivity contribution is 7.80. The van der Waals surface area contributed by atoms with Gasteiger partial charge in [0, 0.05) is 42.3 Å². The van der Waals surface area contributed by atoms with Crippen LogP contribution in [0, 0.1) is 30.9 Å². The number of rotatable bonds is 9. The van der Waals surface area contributed by atoms with Crippen LogP contribution >= 0.6 is 12.2 Å². The number of carbonyl (C=O) groups excluding carboxylic acids is 1. The van der Waals surface area contributed by atoms with E-state index in [4.69, 9.17) is 17.0 Å². The van der Waals surface area contributed by atoms with Crippen LogP contribution in [0.4, 0.5) is 11.4 Å². The van der Waals surface area contributed by atoms with Crippen LogP contribution in [0.5, 0.6) is 5.75 Å². The lowest BCUT2D eigenvalue weighted by molar-refractivity contribution is -0.384. The summed E-state index contributed by atoms with van der Waals surface area (Å²) in [5, 5.41) is 18.3. The number of hydrogen-bond acceptors (Lipinski definition) is 6. The summed E-state index contributed by atoms with van der Waals surface area (Å²) in [6, 6.07) is 19.6. The van der Waals surface area contributed by atoms with Crippen LogP contribution in [0.25, 0.3) is 5.69 Å². The van der Waals surface area contributed by atoms with E-state index in [9.17, 15) is 14.9 Å². The number of nitrogens with one attached hydrogen (secondary N) is 2. The predicted molar refractivity (Wildman–Crippen MR) is 165 cm³/mol. The first-order valence-corrected chi connectivity index (χ1v) is 13.9. The Bertz CT molecular complexity index is 1650. The van der Waals surface area contributed by atoms with E-state index in [1.54, 1.807) is 12.3 Å². The maximum Gasteiger partial charge on any atom is 0.273 e. The lowest BCUT2D eigenvalue weighted by Crippen LogP contribution is -2.32. The maximum atomic E-state index is 13.0. The van der Waals surface area contributed by atoms with Gasteiger partial charge in [-0.05, 0) is 80.5 Å². The highest BCUT2D eigenvalue weighted by atomic mass is 32.1. The van der Waals surface area contributed by atoms with E-state index < -0.39 is 4.92 Å². The molecule has 0 radical (unpaired) electrons. The third kappa shape index (κ3) is 5.68. The van der Waals surface area contributed by atoms with Crippen molar-refractivity contribution in [3.63, 3.8) is 0 Å². The van der Waals surface area contributed by atoms with Crippen LogP contribution in [-0.2, 0) is 4.79 Å². The van der Waals surface area contributed by atoms with Gasteiger partial charge in [0.15, 0.2) is 5.11 Å². The van der Waals surface area contributed by atoms with E-state index in [-0.39, 0.29) is 30.1 Å². The van der Waals surface area contributed by atoms with Crippen molar-refractivity contribution in [2.75, 3.05) is 19.0 Å². The van der Waals surface area contributed by atoms with E-state index >= 15 is 0 Å². The van der Waals surface area contributed by atoms with Crippen molar-refractivity contribution in [2.45, 2.75) is 39.3 Å². The first kappa shape index (κ1) is 28.7. The molecule has 2 atom stereocenters. The number of anilines is 1. The van der Waals surface area contributed by atoms with Crippen molar-refractivity contribution in [3.05, 3.63) is 111 Å². The van der Waals surface area contributed by atoms with E-state index in [0.29, 0.717) is 23.1 Å². The van der Waals surface area contributed by atoms with Crippen molar-refractivity contribution in [3.8, 4) is 11.4 Å². The topological polar surface area (TPSA) is 115 Å². The Morgan fingerprint density at radius 1 is 1.12 bits per heavy atom. The van der Waals surface area contributed by atoms with Gasteiger partial charge in [0.05, 0.1) is 41.6 Å². The summed E-state index contributed by atoms with van der Waals surface area (Å²) < 4.78 is 7.59. The molecular weight excluding hydrogens is 552 g/mol. The van der Waals surface area contributed by atoms with Crippen LogP contribution < -0.4 is 15.4 Å². The fourth-order valence-electron chi connectivity index (χ4n) is 5.58. The van der Waals surface area contributed by atoms with Gasteiger partial charge in [-0.2, -0.15) is 0 Å². The monoisotopic (exact) mass is 584 g/mol. The molecule has 0 unspecified atom stereocenters. The first-order valence-electron chi connectivity index (χ1n) is 13.5. The molecular formula is C31H32N6O4S. The van der Waals surface area contributed by atoms with Crippen molar-refractivity contribution in [1.29, 1.82) is 0 Å². The number of thiocarbonyl (C=S) groups is 1. The number of nitro benzene ring substituents is 1. The third-order valence-corrected chi connectivity index (χ3v) is 7.84. The molecule has 0 aliphatic carbocycles. The average molecular weight is 585 g/mol. The number of nitro groups is 1. The Morgan fingerprint density at radius 3 is 2.62 bits per heavy atom. The standard InChI is InChI=1S/C31H32N6O4S/c1-19-8-7-9-22(16-19)33-28(38)13-15-35-30(29(34-31(35)42)25-10-5-6-14-32-25)24-17-20(2)36(21(24)3)26-12-11-23(37(39)40)18-27(26)41-4/h5-12,14,16-18,29-30H,13,15H2,1-4H3,(H,33,38)(H,34,42)/t29-,30-/m1/s1. The van der Waals surface area contributed by atoms with Crippen LogP contribution in [0.3, 0.4) is 0 Å². The number of aromatic nitrogens is 2. The Morgan fingerprint density at radius 2 is 1.93 bits per heavy atom. The van der Waals surface area contributed by atoms with Crippen molar-refractivity contribution in [1.82, 2.24) is 19.8 Å². The van der Waals surface area contributed by atoms with Crippen LogP contribution in [0.1, 0.15) is 46.7 Å². The summed E-state index contributed by atoms with van der Waals surface area (Å²) in [5.74, 6) is 0.285. The van der Waals surface area contributed by atoms with Gasteiger partial charge < -0.3 is 24.8 Å². The minimum absolute atomic E-state index is 0.0473. The minimum atomic E-state index is -0.442. The van der Waals surface area contributed by atoms with Crippen molar-refractivity contribution < 1.29 is 14.5 Å². The first-order chi connectivity index (χ1) is 20.2. The molecule has 1 aliphatic rings. The third-order valence-electron chi connectivity index (χ3n) is 7.48. The average Bonchev–Trinajstić information content (AvgIpc) is 3.45. The Labute approximate surface area is 249 Å². The molecule has 1 amide bonds. The minimum Gasteiger partial charge on any atom is -0.494 e. The molecule has 42 heavy (non-hydrogen) atoms. The summed E-state index contributed by atoms with van der Waals surface area (Å²) in [6.07, 6.45) is 1.98. The number of benzene rings is 2. The molecule has 0 bridgehead atoms. The molecule has 3 heterocycles. The highest BCUT2D eigenvalue weighted by Gasteiger charge is 2.41. The van der Waals surface area contributed by atoms with Crippen molar-refractivity contribution in [2.24, 2.45) is 0 Å². The van der Waals surface area contributed by atoms with E-state index in [1.165, 1.54) is 19.2 Å². The molecule has 4 aromatic rings. The fourth-order valence-corrected chi connectivity index (χ4v) is 5.91. The van der Waals surface area contributed by atoms with Gasteiger partial charge >= 0.3 is 0 Å². The zero-order valence-corrected chi connectivity index (χ0v) is 24.6. The van der Waals surface area contributed by atoms with Gasteiger partial charge in [-0.25, -0.2) is 0 Å². The number of non-ortho nitro benzene ring substituents is 1. The molecule has 10 nitrogen and oxygen atoms in total. The Hall–Kier alpha value is -4.77. The summed E-state index contributed by atoms with van der Waals surface area (Å²) in [7, 11) is 1.50. The van der Waals surface area contributed by atoms with Gasteiger partial charge in [0.25, 0.3) is 5.69 Å². The molecule has 2 aromatic carbocycles. The van der Waals surface area contributed by atoms with E-state index in [2.05, 4.69) is 21.7 Å². The molecule has 0 saturated carbocycles. The number of ether oxygens (including phenoxy) is 1. The smallest absolute Gasteiger partial charge is 0.273 e. The molecule has 2 N–H and O–H groups in total. The van der Waals surface area contributed by atoms with Gasteiger partial charge in [0.1, 0.15) is 5.75 Å². The molecule has 5 rings (SSSR count). The number of carbonyl (C=O) groups is 1. The van der Waals surface area contributed by atoms with Crippen LogP contribution in [0.2, 0.25) is 0 Å². The van der Waals surface area contributed by atoms with E-state index in [1.807, 2.05) is 72.7 Å². The molecule has 0 spiro atoms. The number of nitrogens with zero attached hydrogens (tertiary/aromatic N) is 4. The molecule has 1 fully saturated rings. The van der Waals surface area contributed by atoms with Gasteiger partial charge in [-0.15, -0.1) is 0 Å². The zero-order chi connectivity index (χ0) is 30.0. The largest absolute Gasteiger partial charge is 0.494 e. The second kappa shape index (κ2) is 12.0. The van der Waals surface area contributed by atoms with E-state index in [0.717, 1.165) is 33.9 Å². The summed E-state index contributed by atoms with van der Waals surface area (Å²) in [5.41, 5.74) is 6.13. The maximum absolute atomic E-state index is 13.0. The highest BCUT2D eigenvalue weighted by Crippen LogP contribution is 2.42. The molecule has 1 aliphatic heterocycles. The number of hydrogen-bond donors (Lipinski definition) is 2. The quantitative estimate of drug-likeness (QED) is 0.146. The van der Waals surface area contributed by atoms with Gasteiger partial charge in [-0.1, -0.05) is 18.2 Å². The van der Waals surface area contributed by atoms with Crippen LogP contribution in [0.15, 0.2) is 72.9 Å². The number of aryl methyl sites for hydroxylation is 2. The lowest BCUT2D eigenvalue weighted by atomic mass is 9.96. The van der Waals surface area contributed by atoms with Gasteiger partial charge in [-0.3, -0.25) is 19.9 Å².